The van der Waals surface area contributed by atoms with Crippen LogP contribution in [0.2, 0.25) is 0 Å². The second-order valence-electron chi connectivity index (χ2n) is 8.68. The Labute approximate surface area is 200 Å². The SMILES string of the molecule is CCCCOc1ccc(CN(CCCCc2cccc3nc(N)c4[nH]cnc4c23)C(C)=O)cc1. The number of imidazole rings is 1. The number of unbranched alkanes of at least 4 members (excludes halogenated alkanes) is 2. The monoisotopic (exact) mass is 459 g/mol. The molecule has 7 heteroatoms. The van der Waals surface area contributed by atoms with E-state index in [0.717, 1.165) is 78.5 Å². The number of nitrogens with one attached hydrogen (secondary N) is 1. The van der Waals surface area contributed by atoms with E-state index in [9.17, 15) is 4.79 Å². The van der Waals surface area contributed by atoms with E-state index in [4.69, 9.17) is 10.5 Å². The van der Waals surface area contributed by atoms with Crippen LogP contribution in [0, 0.1) is 0 Å². The lowest BCUT2D eigenvalue weighted by Gasteiger charge is -2.21. The van der Waals surface area contributed by atoms with Crippen LogP contribution in [0.5, 0.6) is 5.75 Å². The number of nitrogen functional groups attached to an aromatic ring is 1. The molecule has 0 aliphatic carbocycles. The zero-order valence-electron chi connectivity index (χ0n) is 20.0. The molecule has 0 saturated heterocycles. The van der Waals surface area contributed by atoms with Gasteiger partial charge in [-0.15, -0.1) is 0 Å². The van der Waals surface area contributed by atoms with Gasteiger partial charge < -0.3 is 20.4 Å². The van der Waals surface area contributed by atoms with Crippen molar-refractivity contribution in [1.82, 2.24) is 19.9 Å². The molecule has 4 rings (SSSR count). The summed E-state index contributed by atoms with van der Waals surface area (Å²) >= 11 is 0. The minimum atomic E-state index is 0.0892. The molecule has 0 aliphatic heterocycles. The van der Waals surface area contributed by atoms with Crippen LogP contribution in [-0.2, 0) is 17.8 Å². The minimum Gasteiger partial charge on any atom is -0.494 e. The maximum atomic E-state index is 12.2. The molecule has 2 aromatic carbocycles. The predicted octanol–water partition coefficient (Wildman–Crippen LogP) is 5.24. The molecule has 7 nitrogen and oxygen atoms in total. The summed E-state index contributed by atoms with van der Waals surface area (Å²) in [7, 11) is 0. The average molecular weight is 460 g/mol. The number of nitrogens with zero attached hydrogens (tertiary/aromatic N) is 3. The first-order chi connectivity index (χ1) is 16.6. The number of hydrogen-bond acceptors (Lipinski definition) is 5. The van der Waals surface area contributed by atoms with Gasteiger partial charge in [0.25, 0.3) is 0 Å². The molecule has 0 unspecified atom stereocenters. The zero-order chi connectivity index (χ0) is 23.9. The lowest BCUT2D eigenvalue weighted by Crippen LogP contribution is -2.29. The number of ether oxygens (including phenoxy) is 1. The van der Waals surface area contributed by atoms with E-state index in [1.165, 1.54) is 5.56 Å². The smallest absolute Gasteiger partial charge is 0.219 e. The summed E-state index contributed by atoms with van der Waals surface area (Å²) in [6.45, 7) is 5.85. The molecule has 178 valence electrons. The number of pyridine rings is 1. The number of aromatic amines is 1. The highest BCUT2D eigenvalue weighted by Crippen LogP contribution is 2.28. The highest BCUT2D eigenvalue weighted by atomic mass is 16.5. The summed E-state index contributed by atoms with van der Waals surface area (Å²) in [6.07, 6.45) is 6.60. The number of benzene rings is 2. The molecular weight excluding hydrogens is 426 g/mol. The van der Waals surface area contributed by atoms with E-state index in [2.05, 4.69) is 27.9 Å². The molecule has 1 amide bonds. The number of nitrogens with two attached hydrogens (primary N) is 1. The van der Waals surface area contributed by atoms with Crippen molar-refractivity contribution in [2.45, 2.75) is 52.5 Å². The highest BCUT2D eigenvalue weighted by molar-refractivity contribution is 6.07. The van der Waals surface area contributed by atoms with Crippen LogP contribution in [0.25, 0.3) is 21.9 Å². The van der Waals surface area contributed by atoms with Crippen molar-refractivity contribution in [1.29, 1.82) is 0 Å². The molecule has 3 N–H and O–H groups in total. The van der Waals surface area contributed by atoms with Gasteiger partial charge in [0.15, 0.2) is 0 Å². The lowest BCUT2D eigenvalue weighted by molar-refractivity contribution is -0.129. The van der Waals surface area contributed by atoms with Gasteiger partial charge in [-0.1, -0.05) is 37.6 Å². The molecule has 0 bridgehead atoms. The lowest BCUT2D eigenvalue weighted by atomic mass is 10.0. The maximum Gasteiger partial charge on any atom is 0.219 e. The number of anilines is 1. The molecule has 0 spiro atoms. The number of H-pyrrole nitrogens is 1. The highest BCUT2D eigenvalue weighted by Gasteiger charge is 2.13. The first-order valence-corrected chi connectivity index (χ1v) is 12.0. The second-order valence-corrected chi connectivity index (χ2v) is 8.68. The Bertz CT molecular complexity index is 1250. The molecule has 0 radical (unpaired) electrons. The Hall–Kier alpha value is -3.61. The Morgan fingerprint density at radius 3 is 2.71 bits per heavy atom. The van der Waals surface area contributed by atoms with Gasteiger partial charge in [0.2, 0.25) is 5.91 Å². The van der Waals surface area contributed by atoms with E-state index < -0.39 is 0 Å². The van der Waals surface area contributed by atoms with E-state index in [-0.39, 0.29) is 5.91 Å². The second kappa shape index (κ2) is 11.0. The Balaban J connectivity index is 1.35. The molecule has 34 heavy (non-hydrogen) atoms. The third-order valence-corrected chi connectivity index (χ3v) is 6.13. The molecular formula is C27H33N5O2. The number of aromatic nitrogens is 3. The minimum absolute atomic E-state index is 0.0892. The van der Waals surface area contributed by atoms with Crippen LogP contribution >= 0.6 is 0 Å². The van der Waals surface area contributed by atoms with Gasteiger partial charge in [-0.05, 0) is 55.0 Å². The number of fused-ring (bicyclic) bond motifs is 3. The maximum absolute atomic E-state index is 12.2. The van der Waals surface area contributed by atoms with Crippen molar-refractivity contribution in [3.8, 4) is 5.75 Å². The van der Waals surface area contributed by atoms with Gasteiger partial charge in [0.1, 0.15) is 22.6 Å². The van der Waals surface area contributed by atoms with Crippen molar-refractivity contribution < 1.29 is 9.53 Å². The van der Waals surface area contributed by atoms with E-state index in [1.807, 2.05) is 41.3 Å². The van der Waals surface area contributed by atoms with Crippen LogP contribution in [0.15, 0.2) is 48.8 Å². The quantitative estimate of drug-likeness (QED) is 0.299. The first kappa shape index (κ1) is 23.5. The number of aryl methyl sites for hydroxylation is 1. The number of carbonyl (C=O) groups is 1. The predicted molar refractivity (Wildman–Crippen MR) is 137 cm³/mol. The Morgan fingerprint density at radius 2 is 1.94 bits per heavy atom. The van der Waals surface area contributed by atoms with Crippen molar-refractivity contribution in [3.05, 3.63) is 59.9 Å². The molecule has 0 fully saturated rings. The van der Waals surface area contributed by atoms with E-state index in [0.29, 0.717) is 12.4 Å². The van der Waals surface area contributed by atoms with E-state index >= 15 is 0 Å². The van der Waals surface area contributed by atoms with Crippen LogP contribution in [0.3, 0.4) is 0 Å². The number of hydrogen-bond donors (Lipinski definition) is 2. The van der Waals surface area contributed by atoms with Crippen LogP contribution in [0.1, 0.15) is 50.7 Å². The summed E-state index contributed by atoms with van der Waals surface area (Å²) in [4.78, 5) is 26.3. The number of amides is 1. The van der Waals surface area contributed by atoms with Crippen LogP contribution in [-0.4, -0.2) is 38.9 Å². The van der Waals surface area contributed by atoms with Gasteiger partial charge in [-0.2, -0.15) is 0 Å². The standard InChI is InChI=1S/C27H33N5O2/c1-3-4-16-34-22-13-11-20(12-14-22)17-32(19(2)33)15-6-5-8-21-9-7-10-23-24(21)25-26(27(28)31-23)30-18-29-25/h7,9-14,18H,3-6,8,15-17H2,1-2H3,(H2,28,31)(H,29,30). The van der Waals surface area contributed by atoms with Gasteiger partial charge in [-0.3, -0.25) is 4.79 Å². The fourth-order valence-corrected chi connectivity index (χ4v) is 4.24. The molecule has 4 aromatic rings. The zero-order valence-corrected chi connectivity index (χ0v) is 20.0. The molecule has 0 aliphatic rings. The fraction of sp³-hybridized carbons (Fsp3) is 0.370. The summed E-state index contributed by atoms with van der Waals surface area (Å²) in [5, 5.41) is 1.05. The van der Waals surface area contributed by atoms with Gasteiger partial charge in [-0.25, -0.2) is 9.97 Å². The van der Waals surface area contributed by atoms with Crippen molar-refractivity contribution in [2.75, 3.05) is 18.9 Å². The normalized spacial score (nSPS) is 11.2. The summed E-state index contributed by atoms with van der Waals surface area (Å²) in [5.41, 5.74) is 10.9. The summed E-state index contributed by atoms with van der Waals surface area (Å²) in [5.74, 6) is 1.44. The average Bonchev–Trinajstić information content (AvgIpc) is 3.33. The van der Waals surface area contributed by atoms with E-state index in [1.54, 1.807) is 13.3 Å². The number of carbonyl (C=O) groups excluding carboxylic acids is 1. The summed E-state index contributed by atoms with van der Waals surface area (Å²) < 4.78 is 5.74. The molecule has 2 heterocycles. The fourth-order valence-electron chi connectivity index (χ4n) is 4.24. The molecule has 2 aromatic heterocycles. The Kier molecular flexibility index (Phi) is 7.62. The van der Waals surface area contributed by atoms with Gasteiger partial charge in [0, 0.05) is 25.4 Å². The molecule has 0 atom stereocenters. The first-order valence-electron chi connectivity index (χ1n) is 12.0. The van der Waals surface area contributed by atoms with Crippen molar-refractivity contribution in [2.24, 2.45) is 0 Å². The third-order valence-electron chi connectivity index (χ3n) is 6.13. The van der Waals surface area contributed by atoms with Crippen molar-refractivity contribution in [3.63, 3.8) is 0 Å². The van der Waals surface area contributed by atoms with Gasteiger partial charge >= 0.3 is 0 Å². The van der Waals surface area contributed by atoms with Crippen LogP contribution < -0.4 is 10.5 Å². The third kappa shape index (κ3) is 5.47. The van der Waals surface area contributed by atoms with Crippen LogP contribution in [0.4, 0.5) is 5.82 Å². The Morgan fingerprint density at radius 1 is 1.12 bits per heavy atom. The van der Waals surface area contributed by atoms with Crippen molar-refractivity contribution >= 4 is 33.7 Å². The topological polar surface area (TPSA) is 97.1 Å². The van der Waals surface area contributed by atoms with Gasteiger partial charge in [0.05, 0.1) is 18.5 Å². The molecule has 0 saturated carbocycles. The summed E-state index contributed by atoms with van der Waals surface area (Å²) in [6, 6.07) is 14.2. The number of rotatable bonds is 11. The largest absolute Gasteiger partial charge is 0.494 e.